The maximum absolute atomic E-state index is 14.0. The minimum atomic E-state index is -2.89. The van der Waals surface area contributed by atoms with Gasteiger partial charge in [0, 0.05) is 19.3 Å². The molecular formula is C24H23F3N6O3. The Morgan fingerprint density at radius 1 is 0.972 bits per heavy atom. The van der Waals surface area contributed by atoms with Crippen LogP contribution in [-0.2, 0) is 13.1 Å². The first-order valence-corrected chi connectivity index (χ1v) is 11.6. The highest BCUT2D eigenvalue weighted by Crippen LogP contribution is 2.22. The first-order valence-electron chi connectivity index (χ1n) is 11.6. The molecule has 12 heteroatoms. The molecule has 0 N–H and O–H groups in total. The first kappa shape index (κ1) is 23.9. The molecule has 1 aliphatic rings. The van der Waals surface area contributed by atoms with Crippen molar-refractivity contribution in [2.75, 3.05) is 19.6 Å². The maximum atomic E-state index is 14.0. The fraction of sp³-hybridized carbons (Fsp3) is 0.375. The molecule has 188 valence electrons. The number of hydrogen-bond donors (Lipinski definition) is 0. The van der Waals surface area contributed by atoms with Crippen LogP contribution in [0.4, 0.5) is 13.2 Å². The molecule has 0 atom stereocenters. The minimum Gasteiger partial charge on any atom is -0.415 e. The van der Waals surface area contributed by atoms with Gasteiger partial charge in [-0.25, -0.2) is 9.18 Å². The number of pyridine rings is 1. The van der Waals surface area contributed by atoms with Crippen LogP contribution in [0.25, 0.3) is 22.4 Å². The first-order chi connectivity index (χ1) is 17.4. The zero-order valence-corrected chi connectivity index (χ0v) is 19.2. The fourth-order valence-corrected chi connectivity index (χ4v) is 4.42. The van der Waals surface area contributed by atoms with E-state index in [-0.39, 0.29) is 17.8 Å². The van der Waals surface area contributed by atoms with Crippen LogP contribution in [0.3, 0.4) is 0 Å². The molecule has 1 saturated heterocycles. The number of aromatic nitrogens is 5. The molecule has 0 aliphatic carbocycles. The Kier molecular flexibility index (Phi) is 6.68. The highest BCUT2D eigenvalue weighted by Gasteiger charge is 2.19. The smallest absolute Gasteiger partial charge is 0.331 e. The second kappa shape index (κ2) is 10.1. The van der Waals surface area contributed by atoms with E-state index in [1.165, 1.54) is 41.5 Å². The Hall–Kier alpha value is -3.80. The lowest BCUT2D eigenvalue weighted by Gasteiger charge is -2.27. The second-order valence-electron chi connectivity index (χ2n) is 8.67. The van der Waals surface area contributed by atoms with Gasteiger partial charge in [-0.3, -0.25) is 18.9 Å². The molecule has 0 bridgehead atoms. The number of nitrogens with zero attached hydrogens (tertiary/aromatic N) is 6. The summed E-state index contributed by atoms with van der Waals surface area (Å²) in [6.07, 6.45) is 1.85. The topological polar surface area (TPSA) is 99.1 Å². The van der Waals surface area contributed by atoms with E-state index >= 15 is 0 Å². The van der Waals surface area contributed by atoms with E-state index in [0.29, 0.717) is 29.9 Å². The van der Waals surface area contributed by atoms with Crippen molar-refractivity contribution in [1.82, 2.24) is 29.2 Å². The maximum Gasteiger partial charge on any atom is 0.331 e. The van der Waals surface area contributed by atoms with Crippen molar-refractivity contribution >= 4 is 10.9 Å². The van der Waals surface area contributed by atoms with Crippen LogP contribution >= 0.6 is 0 Å². The number of piperidine rings is 1. The van der Waals surface area contributed by atoms with E-state index < -0.39 is 29.4 Å². The Labute approximate surface area is 202 Å². The number of fused-ring (bicyclic) bond motifs is 1. The van der Waals surface area contributed by atoms with Crippen molar-refractivity contribution in [3.05, 3.63) is 74.8 Å². The molecule has 4 aromatic rings. The number of likely N-dealkylation sites (tertiary alicyclic amines) is 1. The molecule has 1 aromatic carbocycles. The third kappa shape index (κ3) is 4.81. The molecule has 0 saturated carbocycles. The van der Waals surface area contributed by atoms with E-state index in [0.717, 1.165) is 36.6 Å². The summed E-state index contributed by atoms with van der Waals surface area (Å²) in [5, 5.41) is 6.97. The van der Waals surface area contributed by atoms with Gasteiger partial charge >= 0.3 is 12.1 Å². The van der Waals surface area contributed by atoms with Gasteiger partial charge in [0.05, 0.1) is 28.7 Å². The largest absolute Gasteiger partial charge is 0.415 e. The van der Waals surface area contributed by atoms with Crippen LogP contribution < -0.4 is 11.2 Å². The normalized spacial score (nSPS) is 14.7. The predicted molar refractivity (Wildman–Crippen MR) is 124 cm³/mol. The zero-order chi connectivity index (χ0) is 25.2. The average Bonchev–Trinajstić information content (AvgIpc) is 3.39. The van der Waals surface area contributed by atoms with Gasteiger partial charge in [-0.2, -0.15) is 8.78 Å². The van der Waals surface area contributed by atoms with Gasteiger partial charge in [0.25, 0.3) is 11.4 Å². The third-order valence-corrected chi connectivity index (χ3v) is 6.29. The number of rotatable bonds is 7. The van der Waals surface area contributed by atoms with Gasteiger partial charge in [0.15, 0.2) is 0 Å². The van der Waals surface area contributed by atoms with Crippen molar-refractivity contribution in [3.8, 4) is 11.5 Å². The Morgan fingerprint density at radius 2 is 1.78 bits per heavy atom. The van der Waals surface area contributed by atoms with Crippen LogP contribution in [0.5, 0.6) is 0 Å². The molecule has 1 fully saturated rings. The SMILES string of the molecule is O=c1c2cc(F)ccc2n(CCN2CCCCC2)c(=O)n1Cc1ccc(-c2nnc(C(F)F)o2)cn1. The molecule has 4 heterocycles. The van der Waals surface area contributed by atoms with Crippen LogP contribution in [0, 0.1) is 5.82 Å². The summed E-state index contributed by atoms with van der Waals surface area (Å²) in [4.78, 5) is 33.1. The summed E-state index contributed by atoms with van der Waals surface area (Å²) in [5.74, 6) is -1.49. The molecule has 0 amide bonds. The van der Waals surface area contributed by atoms with E-state index in [2.05, 4.69) is 20.1 Å². The number of benzene rings is 1. The molecule has 1 aliphatic heterocycles. The summed E-state index contributed by atoms with van der Waals surface area (Å²) < 4.78 is 46.9. The lowest BCUT2D eigenvalue weighted by molar-refractivity contribution is 0.116. The Morgan fingerprint density at radius 3 is 2.47 bits per heavy atom. The van der Waals surface area contributed by atoms with Gasteiger partial charge in [-0.1, -0.05) is 6.42 Å². The monoisotopic (exact) mass is 500 g/mol. The zero-order valence-electron chi connectivity index (χ0n) is 19.2. The summed E-state index contributed by atoms with van der Waals surface area (Å²) in [5.41, 5.74) is -0.0716. The number of alkyl halides is 2. The lowest BCUT2D eigenvalue weighted by atomic mass is 10.1. The van der Waals surface area contributed by atoms with Crippen LogP contribution in [0.1, 0.15) is 37.3 Å². The molecule has 3 aromatic heterocycles. The van der Waals surface area contributed by atoms with E-state index in [1.807, 2.05) is 0 Å². The van der Waals surface area contributed by atoms with E-state index in [4.69, 9.17) is 4.42 Å². The van der Waals surface area contributed by atoms with Crippen molar-refractivity contribution in [2.24, 2.45) is 0 Å². The van der Waals surface area contributed by atoms with Crippen molar-refractivity contribution in [2.45, 2.75) is 38.8 Å². The van der Waals surface area contributed by atoms with Gasteiger partial charge in [0.1, 0.15) is 5.82 Å². The summed E-state index contributed by atoms with van der Waals surface area (Å²) in [6, 6.07) is 6.88. The van der Waals surface area contributed by atoms with Crippen molar-refractivity contribution in [3.63, 3.8) is 0 Å². The Balaban J connectivity index is 1.47. The van der Waals surface area contributed by atoms with Gasteiger partial charge in [0.2, 0.25) is 5.89 Å². The molecule has 0 spiro atoms. The van der Waals surface area contributed by atoms with Gasteiger partial charge in [-0.05, 0) is 56.3 Å². The van der Waals surface area contributed by atoms with Crippen LogP contribution in [0.15, 0.2) is 50.5 Å². The fourth-order valence-electron chi connectivity index (χ4n) is 4.42. The highest BCUT2D eigenvalue weighted by atomic mass is 19.3. The second-order valence-corrected chi connectivity index (χ2v) is 8.67. The average molecular weight is 500 g/mol. The molecule has 0 unspecified atom stereocenters. The van der Waals surface area contributed by atoms with Crippen molar-refractivity contribution < 1.29 is 17.6 Å². The summed E-state index contributed by atoms with van der Waals surface area (Å²) >= 11 is 0. The quantitative estimate of drug-likeness (QED) is 0.384. The molecule has 36 heavy (non-hydrogen) atoms. The third-order valence-electron chi connectivity index (χ3n) is 6.29. The molecule has 5 rings (SSSR count). The number of halogens is 3. The number of hydrogen-bond acceptors (Lipinski definition) is 7. The van der Waals surface area contributed by atoms with Gasteiger partial charge < -0.3 is 9.32 Å². The van der Waals surface area contributed by atoms with Crippen LogP contribution in [0.2, 0.25) is 0 Å². The van der Waals surface area contributed by atoms with Crippen molar-refractivity contribution in [1.29, 1.82) is 0 Å². The minimum absolute atomic E-state index is 0.107. The summed E-state index contributed by atoms with van der Waals surface area (Å²) in [7, 11) is 0. The summed E-state index contributed by atoms with van der Waals surface area (Å²) in [6.45, 7) is 2.76. The molecule has 9 nitrogen and oxygen atoms in total. The Bertz CT molecular complexity index is 1490. The molecule has 0 radical (unpaired) electrons. The standard InChI is InChI=1S/C24H23F3N6O3/c25-16-5-7-19-18(12-16)23(34)33(24(35)32(19)11-10-31-8-2-1-3-9-31)14-17-6-4-15(13-28-17)21-29-30-22(36-21)20(26)27/h4-7,12-13,20H,1-3,8-11,14H2. The van der Waals surface area contributed by atoms with Crippen LogP contribution in [-0.4, -0.2) is 48.8 Å². The van der Waals surface area contributed by atoms with E-state index in [1.54, 1.807) is 0 Å². The predicted octanol–water partition coefficient (Wildman–Crippen LogP) is 3.22. The highest BCUT2D eigenvalue weighted by molar-refractivity contribution is 5.78. The molecular weight excluding hydrogens is 477 g/mol. The van der Waals surface area contributed by atoms with E-state index in [9.17, 15) is 22.8 Å². The lowest BCUT2D eigenvalue weighted by Crippen LogP contribution is -2.42. The van der Waals surface area contributed by atoms with Gasteiger partial charge in [-0.15, -0.1) is 10.2 Å².